The van der Waals surface area contributed by atoms with Crippen molar-refractivity contribution in [2.45, 2.75) is 25.5 Å². The molecule has 0 unspecified atom stereocenters. The molecule has 0 bridgehead atoms. The van der Waals surface area contributed by atoms with Crippen molar-refractivity contribution in [2.75, 3.05) is 13.1 Å². The molecule has 1 amide bonds. The van der Waals surface area contributed by atoms with Gasteiger partial charge in [-0.05, 0) is 12.5 Å². The molecule has 3 heterocycles. The highest BCUT2D eigenvalue weighted by atomic mass is 16.3. The van der Waals surface area contributed by atoms with Gasteiger partial charge in [-0.1, -0.05) is 0 Å². The number of hydrogen-bond donors (Lipinski definition) is 1. The van der Waals surface area contributed by atoms with E-state index in [4.69, 9.17) is 0 Å². The van der Waals surface area contributed by atoms with Crippen LogP contribution in [0.5, 0.6) is 0 Å². The Hall–Kier alpha value is -2.28. The van der Waals surface area contributed by atoms with Gasteiger partial charge in [-0.3, -0.25) is 19.4 Å². The van der Waals surface area contributed by atoms with Gasteiger partial charge in [0.1, 0.15) is 0 Å². The van der Waals surface area contributed by atoms with Gasteiger partial charge in [0.25, 0.3) is 0 Å². The van der Waals surface area contributed by atoms with Crippen LogP contribution in [0.15, 0.2) is 37.1 Å². The number of aliphatic hydroxyl groups is 1. The van der Waals surface area contributed by atoms with Gasteiger partial charge >= 0.3 is 0 Å². The van der Waals surface area contributed by atoms with Crippen molar-refractivity contribution >= 4 is 5.91 Å². The molecule has 2 aromatic heterocycles. The molecule has 116 valence electrons. The maximum Gasteiger partial charge on any atom is 0.224 e. The predicted octanol–water partition coefficient (Wildman–Crippen LogP) is 0.125. The summed E-state index contributed by atoms with van der Waals surface area (Å²) < 4.78 is 1.74. The maximum atomic E-state index is 12.2. The van der Waals surface area contributed by atoms with E-state index in [0.29, 0.717) is 32.5 Å². The molecule has 0 aliphatic carbocycles. The SMILES string of the molecule is O=C(CCn1cccn1)N1C[C@@H](Cc2cnccn2)[C@H](O)C1. The lowest BCUT2D eigenvalue weighted by atomic mass is 10.0. The summed E-state index contributed by atoms with van der Waals surface area (Å²) in [6.45, 7) is 1.52. The Bertz CT molecular complexity index is 602. The first-order valence-corrected chi connectivity index (χ1v) is 7.40. The van der Waals surface area contributed by atoms with E-state index in [2.05, 4.69) is 15.1 Å². The summed E-state index contributed by atoms with van der Waals surface area (Å²) in [4.78, 5) is 22.2. The lowest BCUT2D eigenvalue weighted by Gasteiger charge is -2.16. The lowest BCUT2D eigenvalue weighted by Crippen LogP contribution is -2.30. The van der Waals surface area contributed by atoms with Crippen LogP contribution in [0.3, 0.4) is 0 Å². The minimum Gasteiger partial charge on any atom is -0.391 e. The molecule has 1 aliphatic heterocycles. The zero-order chi connectivity index (χ0) is 15.4. The Morgan fingerprint density at radius 2 is 2.23 bits per heavy atom. The second-order valence-electron chi connectivity index (χ2n) is 5.55. The fourth-order valence-corrected chi connectivity index (χ4v) is 2.76. The van der Waals surface area contributed by atoms with Crippen molar-refractivity contribution in [1.82, 2.24) is 24.6 Å². The highest BCUT2D eigenvalue weighted by molar-refractivity contribution is 5.76. The van der Waals surface area contributed by atoms with Crippen LogP contribution in [-0.4, -0.2) is 54.9 Å². The van der Waals surface area contributed by atoms with Gasteiger partial charge in [-0.15, -0.1) is 0 Å². The van der Waals surface area contributed by atoms with Crippen LogP contribution in [0, 0.1) is 5.92 Å². The van der Waals surface area contributed by atoms with E-state index in [1.165, 1.54) is 0 Å². The normalized spacial score (nSPS) is 21.2. The summed E-state index contributed by atoms with van der Waals surface area (Å²) in [6.07, 6.45) is 9.03. The average Bonchev–Trinajstić information content (AvgIpc) is 3.16. The summed E-state index contributed by atoms with van der Waals surface area (Å²) in [5.74, 6) is 0.0709. The fourth-order valence-electron chi connectivity index (χ4n) is 2.76. The molecule has 0 spiro atoms. The Balaban J connectivity index is 1.52. The van der Waals surface area contributed by atoms with Gasteiger partial charge in [0.2, 0.25) is 5.91 Å². The second kappa shape index (κ2) is 6.65. The molecular formula is C15H19N5O2. The van der Waals surface area contributed by atoms with E-state index in [-0.39, 0.29) is 11.8 Å². The third-order valence-electron chi connectivity index (χ3n) is 3.96. The monoisotopic (exact) mass is 301 g/mol. The van der Waals surface area contributed by atoms with Crippen LogP contribution in [0.25, 0.3) is 0 Å². The van der Waals surface area contributed by atoms with Gasteiger partial charge in [-0.25, -0.2) is 0 Å². The first kappa shape index (κ1) is 14.6. The zero-order valence-corrected chi connectivity index (χ0v) is 12.2. The van der Waals surface area contributed by atoms with Crippen molar-refractivity contribution in [3.8, 4) is 0 Å². The minimum atomic E-state index is -0.504. The predicted molar refractivity (Wildman–Crippen MR) is 78.7 cm³/mol. The van der Waals surface area contributed by atoms with Crippen molar-refractivity contribution in [3.63, 3.8) is 0 Å². The van der Waals surface area contributed by atoms with E-state index in [9.17, 15) is 9.90 Å². The smallest absolute Gasteiger partial charge is 0.224 e. The minimum absolute atomic E-state index is 0.0188. The molecule has 0 saturated carbocycles. The third kappa shape index (κ3) is 3.48. The van der Waals surface area contributed by atoms with Crippen LogP contribution in [0.1, 0.15) is 12.1 Å². The summed E-state index contributed by atoms with van der Waals surface area (Å²) in [7, 11) is 0. The molecule has 7 nitrogen and oxygen atoms in total. The highest BCUT2D eigenvalue weighted by Crippen LogP contribution is 2.21. The summed E-state index contributed by atoms with van der Waals surface area (Å²) in [5, 5.41) is 14.2. The molecule has 0 radical (unpaired) electrons. The third-order valence-corrected chi connectivity index (χ3v) is 3.96. The molecule has 2 aromatic rings. The second-order valence-corrected chi connectivity index (χ2v) is 5.55. The van der Waals surface area contributed by atoms with Crippen LogP contribution in [0.2, 0.25) is 0 Å². The summed E-state index contributed by atoms with van der Waals surface area (Å²) >= 11 is 0. The topological polar surface area (TPSA) is 84.1 Å². The number of carbonyl (C=O) groups excluding carboxylic acids is 1. The molecule has 1 fully saturated rings. The number of nitrogens with zero attached hydrogens (tertiary/aromatic N) is 5. The Kier molecular flexibility index (Phi) is 4.43. The number of carbonyl (C=O) groups is 1. The molecule has 0 aromatic carbocycles. The zero-order valence-electron chi connectivity index (χ0n) is 12.2. The summed E-state index contributed by atoms with van der Waals surface area (Å²) in [5.41, 5.74) is 0.845. The largest absolute Gasteiger partial charge is 0.391 e. The van der Waals surface area contributed by atoms with Gasteiger partial charge in [0.05, 0.1) is 11.8 Å². The first-order chi connectivity index (χ1) is 10.7. The lowest BCUT2D eigenvalue weighted by molar-refractivity contribution is -0.130. The highest BCUT2D eigenvalue weighted by Gasteiger charge is 2.33. The van der Waals surface area contributed by atoms with E-state index in [0.717, 1.165) is 5.69 Å². The van der Waals surface area contributed by atoms with Crippen LogP contribution in [-0.2, 0) is 17.8 Å². The number of amides is 1. The van der Waals surface area contributed by atoms with Gasteiger partial charge < -0.3 is 10.0 Å². The number of hydrogen-bond acceptors (Lipinski definition) is 5. The van der Waals surface area contributed by atoms with Crippen LogP contribution >= 0.6 is 0 Å². The molecular weight excluding hydrogens is 282 g/mol. The van der Waals surface area contributed by atoms with E-state index in [1.807, 2.05) is 12.3 Å². The number of likely N-dealkylation sites (tertiary alicyclic amines) is 1. The van der Waals surface area contributed by atoms with Gasteiger partial charge in [0.15, 0.2) is 0 Å². The number of rotatable bonds is 5. The number of aromatic nitrogens is 4. The van der Waals surface area contributed by atoms with Gasteiger partial charge in [-0.2, -0.15) is 5.10 Å². The molecule has 22 heavy (non-hydrogen) atoms. The standard InChI is InChI=1S/C15H19N5O2/c21-14-11-19(15(22)2-7-20-6-1-3-18-20)10-12(14)8-13-9-16-4-5-17-13/h1,3-6,9,12,14,21H,2,7-8,10-11H2/t12-,14-/m1/s1. The van der Waals surface area contributed by atoms with Crippen LogP contribution < -0.4 is 0 Å². The van der Waals surface area contributed by atoms with E-state index >= 15 is 0 Å². The van der Waals surface area contributed by atoms with Crippen LogP contribution in [0.4, 0.5) is 0 Å². The van der Waals surface area contributed by atoms with Crippen molar-refractivity contribution < 1.29 is 9.90 Å². The molecule has 7 heteroatoms. The van der Waals surface area contributed by atoms with E-state index < -0.39 is 6.10 Å². The maximum absolute atomic E-state index is 12.2. The quantitative estimate of drug-likeness (QED) is 0.848. The summed E-state index contributed by atoms with van der Waals surface area (Å²) in [6, 6.07) is 1.83. The Morgan fingerprint density at radius 3 is 2.95 bits per heavy atom. The molecule has 3 rings (SSSR count). The molecule has 1 saturated heterocycles. The van der Waals surface area contributed by atoms with Crippen molar-refractivity contribution in [3.05, 3.63) is 42.7 Å². The Labute approximate surface area is 128 Å². The molecule has 1 aliphatic rings. The molecule has 1 N–H and O–H groups in total. The Morgan fingerprint density at radius 1 is 1.32 bits per heavy atom. The fraction of sp³-hybridized carbons (Fsp3) is 0.467. The average molecular weight is 301 g/mol. The van der Waals surface area contributed by atoms with Crippen molar-refractivity contribution in [2.24, 2.45) is 5.92 Å². The number of aryl methyl sites for hydroxylation is 1. The molecule has 2 atom stereocenters. The van der Waals surface area contributed by atoms with E-state index in [1.54, 1.807) is 34.4 Å². The van der Waals surface area contributed by atoms with Gasteiger partial charge in [0, 0.05) is 63.0 Å². The number of β-amino-alcohol motifs (C(OH)–C–C–N with tert-alkyl or cyclic N) is 1. The first-order valence-electron chi connectivity index (χ1n) is 7.40. The number of aliphatic hydroxyl groups excluding tert-OH is 1. The van der Waals surface area contributed by atoms with Crippen molar-refractivity contribution in [1.29, 1.82) is 0 Å².